The maximum absolute atomic E-state index is 6.01. The molecule has 1 fully saturated rings. The Morgan fingerprint density at radius 3 is 2.76 bits per heavy atom. The maximum atomic E-state index is 6.01. The normalized spacial score (nSPS) is 18.2. The van der Waals surface area contributed by atoms with Crippen molar-refractivity contribution in [2.24, 2.45) is 0 Å². The van der Waals surface area contributed by atoms with E-state index in [1.54, 1.807) is 0 Å². The van der Waals surface area contributed by atoms with E-state index in [9.17, 15) is 0 Å². The quantitative estimate of drug-likeness (QED) is 0.918. The van der Waals surface area contributed by atoms with Gasteiger partial charge in [0.05, 0.1) is 19.3 Å². The van der Waals surface area contributed by atoms with Gasteiger partial charge in [0.15, 0.2) is 0 Å². The molecule has 0 aliphatic carbocycles. The van der Waals surface area contributed by atoms with Crippen molar-refractivity contribution in [3.05, 3.63) is 35.6 Å². The molecule has 0 radical (unpaired) electrons. The average Bonchev–Trinajstić information content (AvgIpc) is 2.86. The molecule has 1 aromatic carbocycles. The van der Waals surface area contributed by atoms with E-state index in [4.69, 9.17) is 9.15 Å². The molecule has 1 unspecified atom stereocenters. The number of nitrogens with zero attached hydrogens (tertiary/aromatic N) is 1. The number of benzene rings is 1. The monoisotopic (exact) mass is 288 g/mol. The molecule has 2 heterocycles. The van der Waals surface area contributed by atoms with Crippen LogP contribution in [0.2, 0.25) is 0 Å². The number of ether oxygens (including phenoxy) is 1. The molecular formula is C17H24N2O2. The molecule has 0 bridgehead atoms. The van der Waals surface area contributed by atoms with Gasteiger partial charge in [-0.05, 0) is 25.5 Å². The topological polar surface area (TPSA) is 37.6 Å². The Morgan fingerprint density at radius 1 is 1.24 bits per heavy atom. The minimum atomic E-state index is 0.235. The van der Waals surface area contributed by atoms with Gasteiger partial charge in [-0.1, -0.05) is 18.2 Å². The molecule has 21 heavy (non-hydrogen) atoms. The summed E-state index contributed by atoms with van der Waals surface area (Å²) in [7, 11) is 0. The van der Waals surface area contributed by atoms with E-state index >= 15 is 0 Å². The molecule has 1 N–H and O–H groups in total. The Morgan fingerprint density at radius 2 is 2.00 bits per heavy atom. The summed E-state index contributed by atoms with van der Waals surface area (Å²) in [6.07, 6.45) is 0. The van der Waals surface area contributed by atoms with E-state index in [-0.39, 0.29) is 6.04 Å². The molecule has 1 aliphatic rings. The number of morpholine rings is 1. The van der Waals surface area contributed by atoms with Crippen LogP contribution in [0.5, 0.6) is 0 Å². The van der Waals surface area contributed by atoms with Crippen LogP contribution in [0.4, 0.5) is 0 Å². The molecule has 1 aromatic heterocycles. The van der Waals surface area contributed by atoms with Crippen LogP contribution in [0.25, 0.3) is 11.0 Å². The highest BCUT2D eigenvalue weighted by molar-refractivity contribution is 5.82. The first-order chi connectivity index (χ1) is 10.3. The summed E-state index contributed by atoms with van der Waals surface area (Å²) >= 11 is 0. The SMILES string of the molecule is Cc1c(C(C)NCCN2CCOCC2)oc2ccccc12. The molecule has 3 rings (SSSR count). The van der Waals surface area contributed by atoms with Crippen LogP contribution in [0.15, 0.2) is 28.7 Å². The Balaban J connectivity index is 1.58. The summed E-state index contributed by atoms with van der Waals surface area (Å²) in [4.78, 5) is 2.44. The van der Waals surface area contributed by atoms with E-state index in [2.05, 4.69) is 36.2 Å². The number of aryl methyl sites for hydroxylation is 1. The van der Waals surface area contributed by atoms with Crippen molar-refractivity contribution in [1.82, 2.24) is 10.2 Å². The molecule has 1 atom stereocenters. The van der Waals surface area contributed by atoms with E-state index in [1.165, 1.54) is 10.9 Å². The van der Waals surface area contributed by atoms with Crippen molar-refractivity contribution in [2.45, 2.75) is 19.9 Å². The van der Waals surface area contributed by atoms with Crippen molar-refractivity contribution in [3.8, 4) is 0 Å². The fourth-order valence-electron chi connectivity index (χ4n) is 2.96. The van der Waals surface area contributed by atoms with Crippen LogP contribution in [0, 0.1) is 6.92 Å². The summed E-state index contributed by atoms with van der Waals surface area (Å²) in [5.74, 6) is 1.05. The lowest BCUT2D eigenvalue weighted by molar-refractivity contribution is 0.0381. The third-order valence-electron chi connectivity index (χ3n) is 4.26. The molecular weight excluding hydrogens is 264 g/mol. The molecule has 4 heteroatoms. The van der Waals surface area contributed by atoms with E-state index < -0.39 is 0 Å². The van der Waals surface area contributed by atoms with Crippen LogP contribution >= 0.6 is 0 Å². The predicted octanol–water partition coefficient (Wildman–Crippen LogP) is 2.72. The third-order valence-corrected chi connectivity index (χ3v) is 4.26. The first-order valence-electron chi connectivity index (χ1n) is 7.77. The van der Waals surface area contributed by atoms with Gasteiger partial charge in [-0.15, -0.1) is 0 Å². The van der Waals surface area contributed by atoms with E-state index in [0.717, 1.165) is 50.7 Å². The van der Waals surface area contributed by atoms with Crippen LogP contribution in [-0.2, 0) is 4.74 Å². The highest BCUT2D eigenvalue weighted by Gasteiger charge is 2.16. The second kappa shape index (κ2) is 6.60. The van der Waals surface area contributed by atoms with Crippen molar-refractivity contribution < 1.29 is 9.15 Å². The summed E-state index contributed by atoms with van der Waals surface area (Å²) in [6, 6.07) is 8.47. The Hall–Kier alpha value is -1.36. The number of furan rings is 1. The van der Waals surface area contributed by atoms with Gasteiger partial charge in [0.25, 0.3) is 0 Å². The molecule has 4 nitrogen and oxygen atoms in total. The molecule has 1 aliphatic heterocycles. The summed E-state index contributed by atoms with van der Waals surface area (Å²) in [5, 5.41) is 4.79. The minimum Gasteiger partial charge on any atom is -0.459 e. The van der Waals surface area contributed by atoms with E-state index in [1.807, 2.05) is 12.1 Å². The Bertz CT molecular complexity index is 587. The Labute approximate surface area is 126 Å². The largest absolute Gasteiger partial charge is 0.459 e. The highest BCUT2D eigenvalue weighted by atomic mass is 16.5. The van der Waals surface area contributed by atoms with Gasteiger partial charge in [0, 0.05) is 31.6 Å². The molecule has 1 saturated heterocycles. The van der Waals surface area contributed by atoms with Crippen LogP contribution in [-0.4, -0.2) is 44.3 Å². The van der Waals surface area contributed by atoms with Gasteiger partial charge in [-0.2, -0.15) is 0 Å². The molecule has 0 saturated carbocycles. The van der Waals surface area contributed by atoms with E-state index in [0.29, 0.717) is 0 Å². The van der Waals surface area contributed by atoms with Gasteiger partial charge in [0.1, 0.15) is 11.3 Å². The van der Waals surface area contributed by atoms with Crippen LogP contribution in [0.3, 0.4) is 0 Å². The second-order valence-electron chi connectivity index (χ2n) is 5.72. The fourth-order valence-corrected chi connectivity index (χ4v) is 2.96. The van der Waals surface area contributed by atoms with Crippen LogP contribution in [0.1, 0.15) is 24.3 Å². The zero-order valence-corrected chi connectivity index (χ0v) is 12.9. The number of nitrogens with one attached hydrogen (secondary N) is 1. The predicted molar refractivity (Wildman–Crippen MR) is 84.6 cm³/mol. The van der Waals surface area contributed by atoms with Crippen molar-refractivity contribution in [2.75, 3.05) is 39.4 Å². The summed E-state index contributed by atoms with van der Waals surface area (Å²) in [6.45, 7) is 10.1. The number of fused-ring (bicyclic) bond motifs is 1. The molecule has 114 valence electrons. The highest BCUT2D eigenvalue weighted by Crippen LogP contribution is 2.28. The number of para-hydroxylation sites is 1. The van der Waals surface area contributed by atoms with Gasteiger partial charge in [-0.3, -0.25) is 4.90 Å². The lowest BCUT2D eigenvalue weighted by Crippen LogP contribution is -2.40. The summed E-state index contributed by atoms with van der Waals surface area (Å²) in [5.41, 5.74) is 2.23. The Kier molecular flexibility index (Phi) is 4.58. The van der Waals surface area contributed by atoms with Crippen LogP contribution < -0.4 is 5.32 Å². The zero-order chi connectivity index (χ0) is 14.7. The van der Waals surface area contributed by atoms with Crippen molar-refractivity contribution >= 4 is 11.0 Å². The fraction of sp³-hybridized carbons (Fsp3) is 0.529. The first-order valence-corrected chi connectivity index (χ1v) is 7.77. The van der Waals surface area contributed by atoms with Gasteiger partial charge < -0.3 is 14.5 Å². The zero-order valence-electron chi connectivity index (χ0n) is 12.9. The average molecular weight is 288 g/mol. The standard InChI is InChI=1S/C17H24N2O2/c1-13-15-5-3-4-6-16(15)21-17(13)14(2)18-7-8-19-9-11-20-12-10-19/h3-6,14,18H,7-12H2,1-2H3. The number of hydrogen-bond donors (Lipinski definition) is 1. The number of hydrogen-bond acceptors (Lipinski definition) is 4. The van der Waals surface area contributed by atoms with Gasteiger partial charge >= 0.3 is 0 Å². The maximum Gasteiger partial charge on any atom is 0.134 e. The third kappa shape index (κ3) is 3.28. The van der Waals surface area contributed by atoms with Crippen molar-refractivity contribution in [3.63, 3.8) is 0 Å². The number of rotatable bonds is 5. The van der Waals surface area contributed by atoms with Gasteiger partial charge in [-0.25, -0.2) is 0 Å². The molecule has 0 spiro atoms. The molecule has 2 aromatic rings. The first kappa shape index (κ1) is 14.6. The summed E-state index contributed by atoms with van der Waals surface area (Å²) < 4.78 is 11.4. The smallest absolute Gasteiger partial charge is 0.134 e. The van der Waals surface area contributed by atoms with Crippen molar-refractivity contribution in [1.29, 1.82) is 0 Å². The lowest BCUT2D eigenvalue weighted by Gasteiger charge is -2.27. The lowest BCUT2D eigenvalue weighted by atomic mass is 10.1. The minimum absolute atomic E-state index is 0.235. The van der Waals surface area contributed by atoms with Gasteiger partial charge in [0.2, 0.25) is 0 Å². The molecule has 0 amide bonds. The second-order valence-corrected chi connectivity index (χ2v) is 5.72.